The number of ether oxygens (including phenoxy) is 2. The Bertz CT molecular complexity index is 1380. The Kier molecular flexibility index (Phi) is 8.00. The molecule has 0 fully saturated rings. The number of nitro groups is 1. The van der Waals surface area contributed by atoms with Gasteiger partial charge < -0.3 is 9.47 Å². The minimum Gasteiger partial charge on any atom is -0.493 e. The molecule has 7 nitrogen and oxygen atoms in total. The quantitative estimate of drug-likeness (QED) is 0.161. The fraction of sp³-hybridized carbons (Fsp3) is 0.357. The molecule has 1 atom stereocenters. The molecule has 0 aliphatic heterocycles. The van der Waals surface area contributed by atoms with Crippen molar-refractivity contribution < 1.29 is 14.4 Å². The summed E-state index contributed by atoms with van der Waals surface area (Å²) in [7, 11) is 1.57. The first-order chi connectivity index (χ1) is 17.6. The summed E-state index contributed by atoms with van der Waals surface area (Å²) in [4.78, 5) is 16.4. The number of nitriles is 1. The van der Waals surface area contributed by atoms with Crippen LogP contribution in [0.3, 0.4) is 0 Å². The third kappa shape index (κ3) is 6.03. The third-order valence-electron chi connectivity index (χ3n) is 6.73. The highest BCUT2D eigenvalue weighted by atomic mass is 79.9. The van der Waals surface area contributed by atoms with Crippen molar-refractivity contribution in [2.45, 2.75) is 46.6 Å². The molecular formula is C28H28BrN3O4S. The van der Waals surface area contributed by atoms with Gasteiger partial charge in [0.2, 0.25) is 0 Å². The van der Waals surface area contributed by atoms with Crippen molar-refractivity contribution >= 4 is 44.2 Å². The summed E-state index contributed by atoms with van der Waals surface area (Å²) >= 11 is 5.21. The highest BCUT2D eigenvalue weighted by molar-refractivity contribution is 9.10. The zero-order valence-electron chi connectivity index (χ0n) is 21.2. The molecule has 0 spiro atoms. The van der Waals surface area contributed by atoms with E-state index in [4.69, 9.17) is 14.5 Å². The molecule has 0 N–H and O–H groups in total. The van der Waals surface area contributed by atoms with Gasteiger partial charge in [-0.15, -0.1) is 11.3 Å². The van der Waals surface area contributed by atoms with Crippen LogP contribution in [0.2, 0.25) is 0 Å². The molecule has 1 aromatic heterocycles. The lowest BCUT2D eigenvalue weighted by Crippen LogP contribution is -2.26. The maximum atomic E-state index is 10.9. The van der Waals surface area contributed by atoms with E-state index in [1.807, 2.05) is 12.1 Å². The van der Waals surface area contributed by atoms with Crippen LogP contribution in [-0.4, -0.2) is 18.2 Å². The van der Waals surface area contributed by atoms with Crippen molar-refractivity contribution in [1.82, 2.24) is 0 Å². The molecular weight excluding hydrogens is 554 g/mol. The summed E-state index contributed by atoms with van der Waals surface area (Å²) in [6, 6.07) is 12.3. The van der Waals surface area contributed by atoms with Crippen molar-refractivity contribution in [3.05, 3.63) is 78.1 Å². The predicted molar refractivity (Wildman–Crippen MR) is 149 cm³/mol. The molecule has 1 heterocycles. The van der Waals surface area contributed by atoms with E-state index < -0.39 is 4.92 Å². The van der Waals surface area contributed by atoms with Gasteiger partial charge >= 0.3 is 0 Å². The lowest BCUT2D eigenvalue weighted by molar-refractivity contribution is -0.384. The summed E-state index contributed by atoms with van der Waals surface area (Å²) in [5.41, 5.74) is 3.72. The highest BCUT2D eigenvalue weighted by Gasteiger charge is 2.32. The van der Waals surface area contributed by atoms with E-state index in [1.54, 1.807) is 36.8 Å². The first kappa shape index (κ1) is 26.8. The number of nitro benzene ring substituents is 1. The number of methoxy groups -OCH3 is 1. The largest absolute Gasteiger partial charge is 0.493 e. The molecule has 37 heavy (non-hydrogen) atoms. The molecule has 9 heteroatoms. The number of hydrogen-bond acceptors (Lipinski definition) is 7. The van der Waals surface area contributed by atoms with Crippen LogP contribution in [0.4, 0.5) is 10.7 Å². The molecule has 0 saturated carbocycles. The maximum absolute atomic E-state index is 10.9. The fourth-order valence-corrected chi connectivity index (χ4v) is 6.09. The van der Waals surface area contributed by atoms with Crippen LogP contribution >= 0.6 is 27.3 Å². The Hall–Kier alpha value is -3.22. The molecule has 2 aromatic carbocycles. The van der Waals surface area contributed by atoms with Crippen LogP contribution in [0, 0.1) is 32.8 Å². The van der Waals surface area contributed by atoms with E-state index in [9.17, 15) is 15.4 Å². The number of non-ortho nitro benzene ring substituents is 1. The molecule has 0 radical (unpaired) electrons. The topological polar surface area (TPSA) is 97.8 Å². The molecule has 4 rings (SSSR count). The van der Waals surface area contributed by atoms with Crippen LogP contribution in [0.1, 0.15) is 54.3 Å². The molecule has 0 saturated heterocycles. The van der Waals surface area contributed by atoms with E-state index in [2.05, 4.69) is 42.8 Å². The second kappa shape index (κ2) is 11.0. The van der Waals surface area contributed by atoms with Gasteiger partial charge in [0.15, 0.2) is 11.5 Å². The Morgan fingerprint density at radius 1 is 1.27 bits per heavy atom. The number of benzene rings is 2. The van der Waals surface area contributed by atoms with Crippen LogP contribution in [0.25, 0.3) is 0 Å². The lowest BCUT2D eigenvalue weighted by atomic mass is 9.72. The van der Waals surface area contributed by atoms with Gasteiger partial charge in [0.05, 0.1) is 17.6 Å². The average Bonchev–Trinajstić information content (AvgIpc) is 3.23. The maximum Gasteiger partial charge on any atom is 0.269 e. The van der Waals surface area contributed by atoms with Crippen molar-refractivity contribution in [3.8, 4) is 17.6 Å². The Balaban J connectivity index is 1.53. The minimum atomic E-state index is -0.432. The van der Waals surface area contributed by atoms with E-state index >= 15 is 0 Å². The van der Waals surface area contributed by atoms with Gasteiger partial charge in [-0.05, 0) is 81.9 Å². The number of halogens is 1. The van der Waals surface area contributed by atoms with Gasteiger partial charge in [-0.2, -0.15) is 5.26 Å². The molecule has 0 bridgehead atoms. The van der Waals surface area contributed by atoms with Gasteiger partial charge in [0, 0.05) is 33.3 Å². The number of hydrogen-bond donors (Lipinski definition) is 0. The lowest BCUT2D eigenvalue weighted by Gasteiger charge is -2.33. The minimum absolute atomic E-state index is 0.0351. The number of aliphatic imine (C=N–C) groups is 1. The molecule has 0 unspecified atom stereocenters. The first-order valence-electron chi connectivity index (χ1n) is 11.9. The first-order valence-corrected chi connectivity index (χ1v) is 13.5. The fourth-order valence-electron chi connectivity index (χ4n) is 4.44. The molecule has 0 amide bonds. The smallest absolute Gasteiger partial charge is 0.269 e. The van der Waals surface area contributed by atoms with Crippen LogP contribution in [0.15, 0.2) is 45.9 Å². The molecule has 192 valence electrons. The van der Waals surface area contributed by atoms with E-state index in [1.165, 1.54) is 17.0 Å². The number of fused-ring (bicyclic) bond motifs is 1. The monoisotopic (exact) mass is 581 g/mol. The van der Waals surface area contributed by atoms with Gasteiger partial charge in [-0.3, -0.25) is 10.1 Å². The Morgan fingerprint density at radius 2 is 2.00 bits per heavy atom. The van der Waals surface area contributed by atoms with Crippen molar-refractivity contribution in [1.29, 1.82) is 5.26 Å². The number of thiophene rings is 1. The van der Waals surface area contributed by atoms with E-state index in [-0.39, 0.29) is 17.7 Å². The molecule has 3 aromatic rings. The predicted octanol–water partition coefficient (Wildman–Crippen LogP) is 7.78. The zero-order valence-corrected chi connectivity index (χ0v) is 23.6. The van der Waals surface area contributed by atoms with Gasteiger partial charge in [0.1, 0.15) is 17.7 Å². The third-order valence-corrected chi connectivity index (χ3v) is 8.58. The van der Waals surface area contributed by atoms with Crippen LogP contribution < -0.4 is 9.47 Å². The molecule has 1 aliphatic rings. The second-order valence-electron chi connectivity index (χ2n) is 10.1. The van der Waals surface area contributed by atoms with Crippen LogP contribution in [-0.2, 0) is 19.4 Å². The summed E-state index contributed by atoms with van der Waals surface area (Å²) < 4.78 is 12.2. The average molecular weight is 583 g/mol. The standard InChI is InChI=1S/C28H28BrN3O4S/c1-28(2,3)19-7-10-21-22(14-30)27(37-26(21)12-19)31-15-18-11-24(35-4)25(13-23(18)29)36-16-17-5-8-20(9-6-17)32(33)34/h5-6,8-9,11,13,15,19H,7,10,12,16H2,1-4H3/t19-/m0/s1. The summed E-state index contributed by atoms with van der Waals surface area (Å²) in [5.74, 6) is 1.66. The van der Waals surface area contributed by atoms with Gasteiger partial charge in [-0.25, -0.2) is 4.99 Å². The number of nitrogens with zero attached hydrogens (tertiary/aromatic N) is 3. The van der Waals surface area contributed by atoms with Crippen molar-refractivity contribution in [3.63, 3.8) is 0 Å². The highest BCUT2D eigenvalue weighted by Crippen LogP contribution is 2.45. The SMILES string of the molecule is COc1cc(C=Nc2sc3c(c2C#N)CC[C@H](C(C)(C)C)C3)c(Br)cc1OCc1ccc([N+](=O)[O-])cc1. The number of rotatable bonds is 7. The molecule has 1 aliphatic carbocycles. The second-order valence-corrected chi connectivity index (χ2v) is 12.0. The zero-order chi connectivity index (χ0) is 26.7. The van der Waals surface area contributed by atoms with Gasteiger partial charge in [-0.1, -0.05) is 20.8 Å². The summed E-state index contributed by atoms with van der Waals surface area (Å²) in [6.45, 7) is 7.08. The Labute approximate surface area is 229 Å². The van der Waals surface area contributed by atoms with Crippen molar-refractivity contribution in [2.75, 3.05) is 7.11 Å². The van der Waals surface area contributed by atoms with Crippen molar-refractivity contribution in [2.24, 2.45) is 16.3 Å². The Morgan fingerprint density at radius 3 is 2.62 bits per heavy atom. The van der Waals surface area contributed by atoms with E-state index in [0.717, 1.165) is 45.4 Å². The normalized spacial score (nSPS) is 15.3. The van der Waals surface area contributed by atoms with E-state index in [0.29, 0.717) is 23.0 Å². The van der Waals surface area contributed by atoms with Crippen LogP contribution in [0.5, 0.6) is 11.5 Å². The van der Waals surface area contributed by atoms with Gasteiger partial charge in [0.25, 0.3) is 5.69 Å². The summed E-state index contributed by atoms with van der Waals surface area (Å²) in [5, 5.41) is 21.5. The summed E-state index contributed by atoms with van der Waals surface area (Å²) in [6.07, 6.45) is 4.75.